The van der Waals surface area contributed by atoms with E-state index in [-0.39, 0.29) is 12.3 Å². The summed E-state index contributed by atoms with van der Waals surface area (Å²) in [6.07, 6.45) is 0. The average molecular weight is 411 g/mol. The van der Waals surface area contributed by atoms with Crippen LogP contribution in [0.3, 0.4) is 0 Å². The van der Waals surface area contributed by atoms with E-state index in [1.54, 1.807) is 30.7 Å². The van der Waals surface area contributed by atoms with Crippen LogP contribution in [0.5, 0.6) is 0 Å². The minimum Gasteiger partial charge on any atom is -0.463 e. The van der Waals surface area contributed by atoms with Crippen molar-refractivity contribution < 1.29 is 14.5 Å². The van der Waals surface area contributed by atoms with Crippen LogP contribution >= 0.6 is 11.3 Å². The van der Waals surface area contributed by atoms with Crippen molar-refractivity contribution in [1.82, 2.24) is 14.8 Å². The molecule has 4 rings (SSSR count). The van der Waals surface area contributed by atoms with Crippen molar-refractivity contribution in [1.29, 1.82) is 0 Å². The highest BCUT2D eigenvalue weighted by molar-refractivity contribution is 7.10. The van der Waals surface area contributed by atoms with E-state index >= 15 is 0 Å². The molecule has 10 heteroatoms. The van der Waals surface area contributed by atoms with Gasteiger partial charge in [0.15, 0.2) is 5.82 Å². The van der Waals surface area contributed by atoms with Crippen LogP contribution in [0.1, 0.15) is 24.8 Å². The number of esters is 1. The van der Waals surface area contributed by atoms with Gasteiger partial charge in [-0.3, -0.25) is 10.1 Å². The summed E-state index contributed by atoms with van der Waals surface area (Å²) >= 11 is 1.50. The lowest BCUT2D eigenvalue weighted by molar-refractivity contribution is -0.384. The average Bonchev–Trinajstić information content (AvgIpc) is 3.37. The number of nitro groups is 1. The predicted molar refractivity (Wildman–Crippen MR) is 108 cm³/mol. The summed E-state index contributed by atoms with van der Waals surface area (Å²) in [6, 6.07) is 9.46. The third-order valence-electron chi connectivity index (χ3n) is 4.48. The van der Waals surface area contributed by atoms with Gasteiger partial charge < -0.3 is 10.1 Å². The fourth-order valence-corrected chi connectivity index (χ4v) is 4.03. The molecule has 1 aliphatic heterocycles. The molecule has 148 valence electrons. The first kappa shape index (κ1) is 18.8. The van der Waals surface area contributed by atoms with Crippen molar-refractivity contribution in [3.8, 4) is 11.4 Å². The number of hydrogen-bond donors (Lipinski definition) is 1. The number of nitrogens with one attached hydrogen (secondary N) is 1. The van der Waals surface area contributed by atoms with Crippen molar-refractivity contribution in [2.75, 3.05) is 11.9 Å². The molecule has 0 spiro atoms. The molecule has 1 aromatic carbocycles. The maximum atomic E-state index is 12.7. The molecule has 1 atom stereocenters. The largest absolute Gasteiger partial charge is 0.463 e. The number of allylic oxidation sites excluding steroid dienone is 1. The van der Waals surface area contributed by atoms with Crippen LogP contribution in [0.15, 0.2) is 53.0 Å². The Morgan fingerprint density at radius 3 is 2.90 bits per heavy atom. The third kappa shape index (κ3) is 3.38. The number of carbonyl (C=O) groups is 1. The minimum atomic E-state index is -0.495. The molecule has 29 heavy (non-hydrogen) atoms. The number of anilines is 1. The van der Waals surface area contributed by atoms with Crippen LogP contribution in [0, 0.1) is 10.1 Å². The highest BCUT2D eigenvalue weighted by Gasteiger charge is 2.35. The van der Waals surface area contributed by atoms with Crippen molar-refractivity contribution in [2.24, 2.45) is 0 Å². The Balaban J connectivity index is 1.83. The second kappa shape index (κ2) is 7.47. The molecular weight excluding hydrogens is 394 g/mol. The standard InChI is InChI=1S/C19H17N5O4S/c1-3-28-18(25)15-11(2)20-19-21-17(12-6-4-7-13(10-12)24(26)27)22-23(19)16(15)14-8-5-9-29-14/h4-10,16H,3H2,1-2H3,(H,20,21,22). The summed E-state index contributed by atoms with van der Waals surface area (Å²) in [5, 5.41) is 20.7. The lowest BCUT2D eigenvalue weighted by Gasteiger charge is -2.27. The second-order valence-corrected chi connectivity index (χ2v) is 7.29. The number of rotatable bonds is 5. The molecule has 0 radical (unpaired) electrons. The first-order valence-corrected chi connectivity index (χ1v) is 9.77. The summed E-state index contributed by atoms with van der Waals surface area (Å²) in [5.41, 5.74) is 1.56. The predicted octanol–water partition coefficient (Wildman–Crippen LogP) is 3.77. The SMILES string of the molecule is CCOC(=O)C1=C(C)Nc2nc(-c3cccc([N+](=O)[O-])c3)nn2C1c1cccs1. The van der Waals surface area contributed by atoms with Gasteiger partial charge in [0.2, 0.25) is 5.95 Å². The Kier molecular flexibility index (Phi) is 4.85. The monoisotopic (exact) mass is 411 g/mol. The van der Waals surface area contributed by atoms with Crippen LogP contribution < -0.4 is 5.32 Å². The molecule has 1 unspecified atom stereocenters. The normalized spacial score (nSPS) is 15.6. The van der Waals surface area contributed by atoms with E-state index in [1.165, 1.54) is 23.5 Å². The quantitative estimate of drug-likeness (QED) is 0.386. The number of hydrogen-bond acceptors (Lipinski definition) is 8. The molecule has 1 aliphatic rings. The fraction of sp³-hybridized carbons (Fsp3) is 0.211. The molecule has 0 fully saturated rings. The van der Waals surface area contributed by atoms with E-state index in [4.69, 9.17) is 4.74 Å². The second-order valence-electron chi connectivity index (χ2n) is 6.31. The van der Waals surface area contributed by atoms with Crippen molar-refractivity contribution in [3.63, 3.8) is 0 Å². The lowest BCUT2D eigenvalue weighted by Crippen LogP contribution is -2.29. The first-order chi connectivity index (χ1) is 14.0. The number of nitrogens with zero attached hydrogens (tertiary/aromatic N) is 4. The van der Waals surface area contributed by atoms with Gasteiger partial charge in [-0.25, -0.2) is 9.48 Å². The van der Waals surface area contributed by atoms with Crippen molar-refractivity contribution in [3.05, 3.63) is 68.0 Å². The van der Waals surface area contributed by atoms with Gasteiger partial charge in [0.05, 0.1) is 17.1 Å². The Hall–Kier alpha value is -3.53. The molecule has 1 N–H and O–H groups in total. The number of carbonyl (C=O) groups excluding carboxylic acids is 1. The molecule has 9 nitrogen and oxygen atoms in total. The molecule has 3 heterocycles. The number of nitro benzene ring substituents is 1. The van der Waals surface area contributed by atoms with Gasteiger partial charge in [0.1, 0.15) is 6.04 Å². The van der Waals surface area contributed by atoms with Gasteiger partial charge in [-0.1, -0.05) is 18.2 Å². The summed E-state index contributed by atoms with van der Waals surface area (Å²) in [6.45, 7) is 3.81. The van der Waals surface area contributed by atoms with Gasteiger partial charge >= 0.3 is 5.97 Å². The number of non-ortho nitro benzene ring substituents is 1. The Bertz CT molecular complexity index is 1120. The van der Waals surface area contributed by atoms with Gasteiger partial charge in [0.25, 0.3) is 5.69 Å². The zero-order valence-corrected chi connectivity index (χ0v) is 16.5. The van der Waals surface area contributed by atoms with Crippen LogP contribution in [0.2, 0.25) is 0 Å². The summed E-state index contributed by atoms with van der Waals surface area (Å²) in [7, 11) is 0. The maximum Gasteiger partial charge on any atom is 0.338 e. The van der Waals surface area contributed by atoms with Crippen molar-refractivity contribution >= 4 is 28.9 Å². The van der Waals surface area contributed by atoms with E-state index < -0.39 is 16.9 Å². The molecular formula is C19H17N5O4S. The Morgan fingerprint density at radius 1 is 1.38 bits per heavy atom. The number of aromatic nitrogens is 3. The summed E-state index contributed by atoms with van der Waals surface area (Å²) in [4.78, 5) is 28.7. The fourth-order valence-electron chi connectivity index (χ4n) is 3.22. The van der Waals surface area contributed by atoms with Gasteiger partial charge in [0, 0.05) is 28.3 Å². The number of thiophene rings is 1. The van der Waals surface area contributed by atoms with Gasteiger partial charge in [-0.2, -0.15) is 4.98 Å². The smallest absolute Gasteiger partial charge is 0.338 e. The number of ether oxygens (including phenoxy) is 1. The Morgan fingerprint density at radius 2 is 2.21 bits per heavy atom. The zero-order valence-electron chi connectivity index (χ0n) is 15.7. The van der Waals surface area contributed by atoms with E-state index in [0.717, 1.165) is 4.88 Å². The lowest BCUT2D eigenvalue weighted by atomic mass is 10.0. The molecule has 0 amide bonds. The molecule has 2 aromatic heterocycles. The number of benzene rings is 1. The van der Waals surface area contributed by atoms with E-state index in [0.29, 0.717) is 28.6 Å². The maximum absolute atomic E-state index is 12.7. The third-order valence-corrected chi connectivity index (χ3v) is 5.40. The topological polar surface area (TPSA) is 112 Å². The van der Waals surface area contributed by atoms with Gasteiger partial charge in [-0.05, 0) is 25.3 Å². The van der Waals surface area contributed by atoms with Crippen LogP contribution in [-0.2, 0) is 9.53 Å². The zero-order chi connectivity index (χ0) is 20.5. The Labute approximate surface area is 169 Å². The molecule has 0 aliphatic carbocycles. The van der Waals surface area contributed by atoms with Gasteiger partial charge in [-0.15, -0.1) is 16.4 Å². The minimum absolute atomic E-state index is 0.0421. The highest BCUT2D eigenvalue weighted by atomic mass is 32.1. The molecule has 3 aromatic rings. The molecule has 0 saturated heterocycles. The van der Waals surface area contributed by atoms with Crippen molar-refractivity contribution in [2.45, 2.75) is 19.9 Å². The van der Waals surface area contributed by atoms with E-state index in [2.05, 4.69) is 15.4 Å². The van der Waals surface area contributed by atoms with E-state index in [9.17, 15) is 14.9 Å². The first-order valence-electron chi connectivity index (χ1n) is 8.89. The highest BCUT2D eigenvalue weighted by Crippen LogP contribution is 2.38. The molecule has 0 saturated carbocycles. The molecule has 0 bridgehead atoms. The van der Waals surface area contributed by atoms with Crippen LogP contribution in [-0.4, -0.2) is 32.3 Å². The summed E-state index contributed by atoms with van der Waals surface area (Å²) < 4.78 is 6.88. The summed E-state index contributed by atoms with van der Waals surface area (Å²) in [5.74, 6) is 0.361. The van der Waals surface area contributed by atoms with E-state index in [1.807, 2.05) is 17.5 Å². The number of fused-ring (bicyclic) bond motifs is 1. The van der Waals surface area contributed by atoms with Crippen LogP contribution in [0.4, 0.5) is 11.6 Å². The van der Waals surface area contributed by atoms with Crippen LogP contribution in [0.25, 0.3) is 11.4 Å².